The first-order chi connectivity index (χ1) is 10.6. The second-order valence-electron chi connectivity index (χ2n) is 5.17. The second kappa shape index (κ2) is 5.61. The molecule has 0 saturated carbocycles. The van der Waals surface area contributed by atoms with Crippen molar-refractivity contribution < 1.29 is 9.18 Å². The number of amides is 1. The number of aromatic nitrogens is 1. The first kappa shape index (κ1) is 14.3. The molecule has 0 aliphatic rings. The minimum Gasteiger partial charge on any atom is -0.340 e. The summed E-state index contributed by atoms with van der Waals surface area (Å²) >= 11 is 0. The van der Waals surface area contributed by atoms with Crippen LogP contribution in [0.2, 0.25) is 0 Å². The summed E-state index contributed by atoms with van der Waals surface area (Å²) in [5.41, 5.74) is 5.29. The molecule has 0 saturated heterocycles. The van der Waals surface area contributed by atoms with E-state index in [1.807, 2.05) is 41.8 Å². The van der Waals surface area contributed by atoms with Crippen molar-refractivity contribution in [2.75, 3.05) is 0 Å². The Morgan fingerprint density at radius 3 is 2.73 bits per heavy atom. The van der Waals surface area contributed by atoms with Crippen molar-refractivity contribution in [3.63, 3.8) is 0 Å². The Kier molecular flexibility index (Phi) is 3.65. The SMILES string of the molecule is Cc1c(C(=O)NN)c2ccccc2n1Cc1cccc(F)c1. The van der Waals surface area contributed by atoms with E-state index in [4.69, 9.17) is 5.84 Å². The third-order valence-electron chi connectivity index (χ3n) is 3.82. The number of nitrogens with zero attached hydrogens (tertiary/aromatic N) is 1. The zero-order chi connectivity index (χ0) is 15.7. The summed E-state index contributed by atoms with van der Waals surface area (Å²) in [6.07, 6.45) is 0. The molecule has 1 aromatic heterocycles. The highest BCUT2D eigenvalue weighted by Gasteiger charge is 2.19. The molecule has 0 fully saturated rings. The summed E-state index contributed by atoms with van der Waals surface area (Å²) in [6, 6.07) is 14.1. The van der Waals surface area contributed by atoms with Crippen LogP contribution in [0.25, 0.3) is 10.9 Å². The fourth-order valence-electron chi connectivity index (χ4n) is 2.81. The lowest BCUT2D eigenvalue weighted by atomic mass is 10.1. The molecular weight excluding hydrogens is 281 g/mol. The zero-order valence-electron chi connectivity index (χ0n) is 12.1. The second-order valence-corrected chi connectivity index (χ2v) is 5.17. The predicted molar refractivity (Wildman–Crippen MR) is 83.8 cm³/mol. The third-order valence-corrected chi connectivity index (χ3v) is 3.82. The molecule has 5 heteroatoms. The molecule has 1 amide bonds. The number of nitrogens with two attached hydrogens (primary N) is 1. The molecule has 0 radical (unpaired) electrons. The van der Waals surface area contributed by atoms with Crippen molar-refractivity contribution in [3.05, 3.63) is 71.2 Å². The van der Waals surface area contributed by atoms with Crippen molar-refractivity contribution in [3.8, 4) is 0 Å². The van der Waals surface area contributed by atoms with Crippen LogP contribution >= 0.6 is 0 Å². The Hall–Kier alpha value is -2.66. The van der Waals surface area contributed by atoms with Gasteiger partial charge in [0, 0.05) is 23.1 Å². The van der Waals surface area contributed by atoms with Gasteiger partial charge in [0.05, 0.1) is 5.56 Å². The van der Waals surface area contributed by atoms with E-state index in [2.05, 4.69) is 5.43 Å². The van der Waals surface area contributed by atoms with Crippen LogP contribution in [-0.4, -0.2) is 10.5 Å². The maximum atomic E-state index is 13.4. The average molecular weight is 297 g/mol. The van der Waals surface area contributed by atoms with Crippen molar-refractivity contribution in [2.45, 2.75) is 13.5 Å². The highest BCUT2D eigenvalue weighted by atomic mass is 19.1. The summed E-state index contributed by atoms with van der Waals surface area (Å²) in [6.45, 7) is 2.35. The highest BCUT2D eigenvalue weighted by molar-refractivity contribution is 6.08. The number of carbonyl (C=O) groups excluding carboxylic acids is 1. The van der Waals surface area contributed by atoms with E-state index in [1.54, 1.807) is 6.07 Å². The molecular formula is C17H16FN3O. The van der Waals surface area contributed by atoms with Gasteiger partial charge in [-0.05, 0) is 30.7 Å². The normalized spacial score (nSPS) is 10.9. The van der Waals surface area contributed by atoms with Gasteiger partial charge >= 0.3 is 0 Å². The molecule has 3 N–H and O–H groups in total. The molecule has 0 aliphatic heterocycles. The lowest BCUT2D eigenvalue weighted by Gasteiger charge is -2.09. The van der Waals surface area contributed by atoms with Crippen LogP contribution in [0.5, 0.6) is 0 Å². The Morgan fingerprint density at radius 1 is 1.23 bits per heavy atom. The van der Waals surface area contributed by atoms with Gasteiger partial charge in [-0.15, -0.1) is 0 Å². The molecule has 3 aromatic rings. The molecule has 22 heavy (non-hydrogen) atoms. The minimum atomic E-state index is -0.327. The fourth-order valence-corrected chi connectivity index (χ4v) is 2.81. The van der Waals surface area contributed by atoms with Crippen molar-refractivity contribution in [1.82, 2.24) is 9.99 Å². The minimum absolute atomic E-state index is 0.272. The number of rotatable bonds is 3. The molecule has 0 aliphatic carbocycles. The van der Waals surface area contributed by atoms with Crippen LogP contribution in [0, 0.1) is 12.7 Å². The number of carbonyl (C=O) groups is 1. The fraction of sp³-hybridized carbons (Fsp3) is 0.118. The summed E-state index contributed by atoms with van der Waals surface area (Å²) < 4.78 is 15.4. The number of para-hydroxylation sites is 1. The van der Waals surface area contributed by atoms with Gasteiger partial charge in [-0.25, -0.2) is 10.2 Å². The largest absolute Gasteiger partial charge is 0.340 e. The van der Waals surface area contributed by atoms with E-state index in [0.29, 0.717) is 12.1 Å². The Balaban J connectivity index is 2.17. The average Bonchev–Trinajstić information content (AvgIpc) is 2.79. The Labute approximate surface area is 127 Å². The lowest BCUT2D eigenvalue weighted by Crippen LogP contribution is -2.30. The molecule has 0 bridgehead atoms. The lowest BCUT2D eigenvalue weighted by molar-refractivity contribution is 0.0954. The zero-order valence-corrected chi connectivity index (χ0v) is 12.1. The van der Waals surface area contributed by atoms with E-state index in [9.17, 15) is 9.18 Å². The Bertz CT molecular complexity index is 854. The van der Waals surface area contributed by atoms with E-state index >= 15 is 0 Å². The van der Waals surface area contributed by atoms with Gasteiger partial charge in [0.1, 0.15) is 5.82 Å². The van der Waals surface area contributed by atoms with Gasteiger partial charge in [0.15, 0.2) is 0 Å². The van der Waals surface area contributed by atoms with E-state index in [1.165, 1.54) is 12.1 Å². The first-order valence-electron chi connectivity index (χ1n) is 6.95. The standard InChI is InChI=1S/C17H16FN3O/c1-11-16(17(22)20-19)14-7-2-3-8-15(14)21(11)10-12-5-4-6-13(18)9-12/h2-9H,10,19H2,1H3,(H,20,22). The van der Waals surface area contributed by atoms with Crippen LogP contribution in [-0.2, 0) is 6.54 Å². The molecule has 0 spiro atoms. The van der Waals surface area contributed by atoms with Crippen LogP contribution in [0.1, 0.15) is 21.6 Å². The number of hydrazine groups is 1. The van der Waals surface area contributed by atoms with Gasteiger partial charge in [-0.1, -0.05) is 30.3 Å². The summed E-state index contributed by atoms with van der Waals surface area (Å²) in [5, 5.41) is 0.833. The summed E-state index contributed by atoms with van der Waals surface area (Å²) in [5.74, 6) is 4.69. The van der Waals surface area contributed by atoms with Crippen LogP contribution < -0.4 is 11.3 Å². The smallest absolute Gasteiger partial charge is 0.267 e. The van der Waals surface area contributed by atoms with E-state index in [0.717, 1.165) is 22.2 Å². The number of halogens is 1. The number of nitrogens with one attached hydrogen (secondary N) is 1. The van der Waals surface area contributed by atoms with E-state index < -0.39 is 0 Å². The van der Waals surface area contributed by atoms with Crippen molar-refractivity contribution in [1.29, 1.82) is 0 Å². The van der Waals surface area contributed by atoms with Crippen molar-refractivity contribution >= 4 is 16.8 Å². The first-order valence-corrected chi connectivity index (χ1v) is 6.95. The van der Waals surface area contributed by atoms with Gasteiger partial charge in [0.2, 0.25) is 0 Å². The molecule has 0 atom stereocenters. The number of hydrogen-bond donors (Lipinski definition) is 2. The van der Waals surface area contributed by atoms with Gasteiger partial charge in [0.25, 0.3) is 5.91 Å². The molecule has 0 unspecified atom stereocenters. The monoisotopic (exact) mass is 297 g/mol. The van der Waals surface area contributed by atoms with Crippen molar-refractivity contribution in [2.24, 2.45) is 5.84 Å². The quantitative estimate of drug-likeness (QED) is 0.443. The van der Waals surface area contributed by atoms with Crippen LogP contribution in [0.3, 0.4) is 0 Å². The summed E-state index contributed by atoms with van der Waals surface area (Å²) in [7, 11) is 0. The molecule has 112 valence electrons. The van der Waals surface area contributed by atoms with Gasteiger partial charge in [-0.3, -0.25) is 10.2 Å². The maximum Gasteiger partial charge on any atom is 0.267 e. The van der Waals surface area contributed by atoms with Crippen LogP contribution in [0.15, 0.2) is 48.5 Å². The number of nitrogen functional groups attached to an aromatic ring is 1. The molecule has 3 rings (SSSR count). The molecule has 2 aromatic carbocycles. The van der Waals surface area contributed by atoms with Gasteiger partial charge < -0.3 is 4.57 Å². The topological polar surface area (TPSA) is 60.1 Å². The van der Waals surface area contributed by atoms with Gasteiger partial charge in [-0.2, -0.15) is 0 Å². The summed E-state index contributed by atoms with van der Waals surface area (Å²) in [4.78, 5) is 12.1. The highest BCUT2D eigenvalue weighted by Crippen LogP contribution is 2.26. The number of fused-ring (bicyclic) bond motifs is 1. The third kappa shape index (κ3) is 2.35. The molecule has 4 nitrogen and oxygen atoms in total. The van der Waals surface area contributed by atoms with E-state index in [-0.39, 0.29) is 11.7 Å². The number of benzene rings is 2. The number of hydrogen-bond acceptors (Lipinski definition) is 2. The van der Waals surface area contributed by atoms with Crippen LogP contribution in [0.4, 0.5) is 4.39 Å². The predicted octanol–water partition coefficient (Wildman–Crippen LogP) is 2.74. The maximum absolute atomic E-state index is 13.4. The molecule has 1 heterocycles. The Morgan fingerprint density at radius 2 is 2.00 bits per heavy atom.